The lowest BCUT2D eigenvalue weighted by Crippen LogP contribution is -2.31. The first-order valence-electron chi connectivity index (χ1n) is 11.1. The maximum atomic E-state index is 6.30. The number of nitrogens with zero attached hydrogens (tertiary/aromatic N) is 1. The zero-order valence-electron chi connectivity index (χ0n) is 18.3. The molecule has 3 rings (SSSR count). The van der Waals surface area contributed by atoms with Gasteiger partial charge in [-0.3, -0.25) is 0 Å². The fourth-order valence-corrected chi connectivity index (χ4v) is 3.82. The van der Waals surface area contributed by atoms with Gasteiger partial charge in [-0.1, -0.05) is 50.1 Å². The molecule has 0 amide bonds. The molecule has 1 atom stereocenters. The number of rotatable bonds is 10. The summed E-state index contributed by atoms with van der Waals surface area (Å²) in [7, 11) is 0. The zero-order chi connectivity index (χ0) is 20.5. The van der Waals surface area contributed by atoms with E-state index < -0.39 is 0 Å². The molecule has 0 aliphatic carbocycles. The van der Waals surface area contributed by atoms with Gasteiger partial charge < -0.3 is 14.4 Å². The number of ether oxygens (including phenoxy) is 2. The molecule has 1 unspecified atom stereocenters. The van der Waals surface area contributed by atoms with Crippen LogP contribution in [-0.4, -0.2) is 31.1 Å². The Bertz CT molecular complexity index is 702. The van der Waals surface area contributed by atoms with Crippen LogP contribution in [0.15, 0.2) is 48.5 Å². The third-order valence-electron chi connectivity index (χ3n) is 5.48. The molecule has 3 heteroatoms. The van der Waals surface area contributed by atoms with Gasteiger partial charge in [-0.05, 0) is 81.4 Å². The van der Waals surface area contributed by atoms with Gasteiger partial charge >= 0.3 is 0 Å². The van der Waals surface area contributed by atoms with E-state index in [9.17, 15) is 0 Å². The number of aryl methyl sites for hydroxylation is 1. The van der Waals surface area contributed by atoms with Crippen molar-refractivity contribution in [2.24, 2.45) is 0 Å². The van der Waals surface area contributed by atoms with E-state index in [2.05, 4.69) is 62.1 Å². The Morgan fingerprint density at radius 1 is 0.897 bits per heavy atom. The summed E-state index contributed by atoms with van der Waals surface area (Å²) in [5.41, 5.74) is 2.43. The highest BCUT2D eigenvalue weighted by molar-refractivity contribution is 5.31. The molecule has 1 aliphatic rings. The van der Waals surface area contributed by atoms with E-state index in [1.807, 2.05) is 12.1 Å². The fourth-order valence-electron chi connectivity index (χ4n) is 3.82. The summed E-state index contributed by atoms with van der Waals surface area (Å²) >= 11 is 0. The number of benzene rings is 2. The zero-order valence-corrected chi connectivity index (χ0v) is 18.3. The minimum atomic E-state index is 0.0239. The Kier molecular flexibility index (Phi) is 8.42. The highest BCUT2D eigenvalue weighted by Gasteiger charge is 2.16. The van der Waals surface area contributed by atoms with E-state index in [0.717, 1.165) is 37.5 Å². The third-order valence-corrected chi connectivity index (χ3v) is 5.48. The molecule has 157 valence electrons. The Labute approximate surface area is 177 Å². The van der Waals surface area contributed by atoms with Gasteiger partial charge in [0.05, 0.1) is 6.61 Å². The predicted octanol–water partition coefficient (Wildman–Crippen LogP) is 6.37. The Balaban J connectivity index is 1.51. The molecule has 1 fully saturated rings. The topological polar surface area (TPSA) is 21.7 Å². The molecule has 1 heterocycles. The molecule has 2 aromatic rings. The second-order valence-corrected chi connectivity index (χ2v) is 8.50. The fraction of sp³-hybridized carbons (Fsp3) is 0.500. The highest BCUT2D eigenvalue weighted by atomic mass is 16.5. The van der Waals surface area contributed by atoms with Crippen LogP contribution in [-0.2, 0) is 0 Å². The van der Waals surface area contributed by atoms with Gasteiger partial charge in [0.15, 0.2) is 0 Å². The van der Waals surface area contributed by atoms with Crippen molar-refractivity contribution in [1.29, 1.82) is 0 Å². The largest absolute Gasteiger partial charge is 0.494 e. The summed E-state index contributed by atoms with van der Waals surface area (Å²) in [4.78, 5) is 2.56. The van der Waals surface area contributed by atoms with E-state index >= 15 is 0 Å². The van der Waals surface area contributed by atoms with Crippen molar-refractivity contribution < 1.29 is 9.47 Å². The lowest BCUT2D eigenvalue weighted by Gasteiger charge is -2.26. The summed E-state index contributed by atoms with van der Waals surface area (Å²) in [6, 6.07) is 16.7. The first-order chi connectivity index (χ1) is 14.1. The Hall–Kier alpha value is -2.00. The quantitative estimate of drug-likeness (QED) is 0.437. The molecule has 1 aliphatic heterocycles. The molecule has 3 nitrogen and oxygen atoms in total. The highest BCUT2D eigenvalue weighted by Crippen LogP contribution is 2.29. The molecular weight excluding hydrogens is 358 g/mol. The van der Waals surface area contributed by atoms with Gasteiger partial charge in [0, 0.05) is 6.54 Å². The minimum absolute atomic E-state index is 0.0239. The summed E-state index contributed by atoms with van der Waals surface area (Å²) < 4.78 is 12.3. The second kappa shape index (κ2) is 11.3. The van der Waals surface area contributed by atoms with Crippen molar-refractivity contribution in [2.75, 3.05) is 26.2 Å². The van der Waals surface area contributed by atoms with Crippen LogP contribution in [0.1, 0.15) is 63.2 Å². The van der Waals surface area contributed by atoms with Gasteiger partial charge in [-0.15, -0.1) is 0 Å². The molecule has 0 saturated carbocycles. The minimum Gasteiger partial charge on any atom is -0.494 e. The van der Waals surface area contributed by atoms with Crippen molar-refractivity contribution in [1.82, 2.24) is 4.90 Å². The van der Waals surface area contributed by atoms with Crippen LogP contribution in [0.5, 0.6) is 11.5 Å². The monoisotopic (exact) mass is 394 g/mol. The van der Waals surface area contributed by atoms with Gasteiger partial charge in [0.2, 0.25) is 0 Å². The van der Waals surface area contributed by atoms with E-state index in [1.165, 1.54) is 49.4 Å². The van der Waals surface area contributed by atoms with Crippen molar-refractivity contribution in [3.63, 3.8) is 0 Å². The number of likely N-dealkylation sites (tertiary alicyclic amines) is 1. The van der Waals surface area contributed by atoms with Crippen molar-refractivity contribution in [3.8, 4) is 11.5 Å². The SMILES string of the molecule is C[C](C)CC(Oc1ccc(C)cc1)c1ccc(OCCCN2CCCCC2)cc1. The van der Waals surface area contributed by atoms with Gasteiger partial charge in [0.25, 0.3) is 0 Å². The third kappa shape index (κ3) is 7.40. The van der Waals surface area contributed by atoms with E-state index in [0.29, 0.717) is 0 Å². The van der Waals surface area contributed by atoms with Crippen LogP contribution in [0.3, 0.4) is 0 Å². The van der Waals surface area contributed by atoms with Crippen molar-refractivity contribution in [3.05, 3.63) is 65.6 Å². The molecule has 0 aromatic heterocycles. The molecule has 0 bridgehead atoms. The van der Waals surface area contributed by atoms with Gasteiger partial charge in [-0.2, -0.15) is 0 Å². The van der Waals surface area contributed by atoms with Gasteiger partial charge in [-0.25, -0.2) is 0 Å². The maximum absolute atomic E-state index is 6.30. The summed E-state index contributed by atoms with van der Waals surface area (Å²) in [5.74, 6) is 3.22. The van der Waals surface area contributed by atoms with E-state index in [4.69, 9.17) is 9.47 Å². The average molecular weight is 395 g/mol. The van der Waals surface area contributed by atoms with Crippen LogP contribution in [0, 0.1) is 12.8 Å². The van der Waals surface area contributed by atoms with Gasteiger partial charge in [0.1, 0.15) is 17.6 Å². The molecule has 0 spiro atoms. The van der Waals surface area contributed by atoms with Crippen LogP contribution in [0.2, 0.25) is 0 Å². The lowest BCUT2D eigenvalue weighted by atomic mass is 9.99. The molecule has 29 heavy (non-hydrogen) atoms. The second-order valence-electron chi connectivity index (χ2n) is 8.50. The van der Waals surface area contributed by atoms with E-state index in [-0.39, 0.29) is 6.10 Å². The van der Waals surface area contributed by atoms with Crippen molar-refractivity contribution >= 4 is 0 Å². The van der Waals surface area contributed by atoms with Crippen molar-refractivity contribution in [2.45, 2.75) is 59.0 Å². The first-order valence-corrected chi connectivity index (χ1v) is 11.1. The summed E-state index contributed by atoms with van der Waals surface area (Å²) in [6.45, 7) is 10.8. The molecule has 2 aromatic carbocycles. The molecule has 0 N–H and O–H groups in total. The standard InChI is InChI=1S/C26H36NO2/c1-21(2)20-26(29-25-12-8-22(3)9-13-25)23-10-14-24(15-11-23)28-19-7-18-27-16-5-4-6-17-27/h8-15,26H,4-7,16-20H2,1-3H3. The molecule has 1 radical (unpaired) electrons. The Morgan fingerprint density at radius 2 is 1.55 bits per heavy atom. The number of hydrogen-bond donors (Lipinski definition) is 0. The van der Waals surface area contributed by atoms with Crippen LogP contribution in [0.25, 0.3) is 0 Å². The average Bonchev–Trinajstić information content (AvgIpc) is 2.73. The maximum Gasteiger partial charge on any atom is 0.124 e. The first kappa shape index (κ1) is 21.7. The number of hydrogen-bond acceptors (Lipinski definition) is 3. The normalized spacial score (nSPS) is 16.0. The Morgan fingerprint density at radius 3 is 2.21 bits per heavy atom. The summed E-state index contributed by atoms with van der Waals surface area (Å²) in [5, 5.41) is 0. The van der Waals surface area contributed by atoms with Crippen LogP contribution >= 0.6 is 0 Å². The number of piperidine rings is 1. The molecular formula is C26H36NO2. The predicted molar refractivity (Wildman–Crippen MR) is 121 cm³/mol. The smallest absolute Gasteiger partial charge is 0.124 e. The lowest BCUT2D eigenvalue weighted by molar-refractivity contribution is 0.198. The van der Waals surface area contributed by atoms with Crippen LogP contribution in [0.4, 0.5) is 0 Å². The molecule has 1 saturated heterocycles. The summed E-state index contributed by atoms with van der Waals surface area (Å²) in [6.07, 6.45) is 6.11. The van der Waals surface area contributed by atoms with E-state index in [1.54, 1.807) is 0 Å². The van der Waals surface area contributed by atoms with Crippen LogP contribution < -0.4 is 9.47 Å².